The van der Waals surface area contributed by atoms with Gasteiger partial charge >= 0.3 is 0 Å². The molecule has 2 aromatic heterocycles. The fourth-order valence-corrected chi connectivity index (χ4v) is 5.54. The molecule has 0 atom stereocenters. The van der Waals surface area contributed by atoms with Crippen molar-refractivity contribution in [3.05, 3.63) is 72.1 Å². The second-order valence-electron chi connectivity index (χ2n) is 8.25. The molecule has 0 aliphatic carbocycles. The van der Waals surface area contributed by atoms with E-state index < -0.39 is 0 Å². The third-order valence-corrected chi connectivity index (χ3v) is 7.25. The van der Waals surface area contributed by atoms with E-state index in [-0.39, 0.29) is 11.8 Å². The van der Waals surface area contributed by atoms with Crippen LogP contribution in [0.4, 0.5) is 11.4 Å². The van der Waals surface area contributed by atoms with Crippen molar-refractivity contribution in [1.29, 1.82) is 0 Å². The summed E-state index contributed by atoms with van der Waals surface area (Å²) >= 11 is 1.78. The topological polar surface area (TPSA) is 58.1 Å². The highest BCUT2D eigenvalue weighted by molar-refractivity contribution is 7.17. The van der Waals surface area contributed by atoms with Crippen LogP contribution in [0.25, 0.3) is 32.2 Å². The molecule has 0 spiro atoms. The lowest BCUT2D eigenvalue weighted by molar-refractivity contribution is -0.120. The molecule has 0 radical (unpaired) electrons. The lowest BCUT2D eigenvalue weighted by Gasteiger charge is -2.32. The number of hydrogen-bond acceptors (Lipinski definition) is 5. The van der Waals surface area contributed by atoms with Gasteiger partial charge in [0.2, 0.25) is 5.91 Å². The fraction of sp³-hybridized carbons (Fsp3) is 0.192. The van der Waals surface area contributed by atoms with Gasteiger partial charge in [-0.05, 0) is 43.2 Å². The molecule has 1 aliphatic heterocycles. The molecule has 3 heterocycles. The molecular formula is C26H22N4OS. The zero-order chi connectivity index (χ0) is 21.5. The second-order valence-corrected chi connectivity index (χ2v) is 9.16. The standard InChI is InChI=1S/C26H22N4OS/c31-26(17-12-14-30(15-13-17)23-16-32-24-11-4-1-6-18(23)24)29-22-10-5-9-21-25(22)28-20-8-3-2-7-19(20)27-21/h1-11,16-17H,12-15H2,(H,29,31). The highest BCUT2D eigenvalue weighted by Gasteiger charge is 2.26. The smallest absolute Gasteiger partial charge is 0.227 e. The molecule has 6 rings (SSSR count). The number of carbonyl (C=O) groups excluding carboxylic acids is 1. The van der Waals surface area contributed by atoms with Crippen molar-refractivity contribution in [1.82, 2.24) is 9.97 Å². The summed E-state index contributed by atoms with van der Waals surface area (Å²) in [7, 11) is 0. The SMILES string of the molecule is O=C(Nc1cccc2nc3ccccc3nc12)C1CCN(c2csc3ccccc23)CC1. The molecule has 5 aromatic rings. The Hall–Kier alpha value is -3.51. The number of fused-ring (bicyclic) bond motifs is 3. The van der Waals surface area contributed by atoms with Crippen LogP contribution in [0.15, 0.2) is 72.1 Å². The van der Waals surface area contributed by atoms with Gasteiger partial charge in [0.25, 0.3) is 0 Å². The maximum absolute atomic E-state index is 13.1. The molecule has 1 aliphatic rings. The molecule has 1 fully saturated rings. The predicted molar refractivity (Wildman–Crippen MR) is 132 cm³/mol. The van der Waals surface area contributed by atoms with E-state index in [1.54, 1.807) is 11.3 Å². The highest BCUT2D eigenvalue weighted by Crippen LogP contribution is 2.35. The van der Waals surface area contributed by atoms with Gasteiger partial charge in [0.1, 0.15) is 5.52 Å². The van der Waals surface area contributed by atoms with E-state index in [2.05, 4.69) is 39.9 Å². The van der Waals surface area contributed by atoms with Gasteiger partial charge in [-0.3, -0.25) is 4.79 Å². The van der Waals surface area contributed by atoms with Crippen molar-refractivity contribution in [2.45, 2.75) is 12.8 Å². The number of aromatic nitrogens is 2. The van der Waals surface area contributed by atoms with E-state index >= 15 is 0 Å². The predicted octanol–water partition coefficient (Wildman–Crippen LogP) is 5.85. The summed E-state index contributed by atoms with van der Waals surface area (Å²) in [6.07, 6.45) is 1.69. The lowest BCUT2D eigenvalue weighted by Crippen LogP contribution is -2.38. The first-order chi connectivity index (χ1) is 15.8. The minimum absolute atomic E-state index is 0.000165. The Balaban J connectivity index is 1.19. The van der Waals surface area contributed by atoms with Crippen LogP contribution in [0.2, 0.25) is 0 Å². The summed E-state index contributed by atoms with van der Waals surface area (Å²) in [6.45, 7) is 1.78. The van der Waals surface area contributed by atoms with Gasteiger partial charge < -0.3 is 10.2 Å². The monoisotopic (exact) mass is 438 g/mol. The van der Waals surface area contributed by atoms with Gasteiger partial charge in [-0.2, -0.15) is 0 Å². The second kappa shape index (κ2) is 7.88. The first-order valence-electron chi connectivity index (χ1n) is 10.9. The highest BCUT2D eigenvalue weighted by atomic mass is 32.1. The molecule has 1 N–H and O–H groups in total. The van der Waals surface area contributed by atoms with Gasteiger partial charge in [0, 0.05) is 34.5 Å². The van der Waals surface area contributed by atoms with Gasteiger partial charge in [-0.1, -0.05) is 36.4 Å². The summed E-state index contributed by atoms with van der Waals surface area (Å²) in [4.78, 5) is 25.0. The zero-order valence-electron chi connectivity index (χ0n) is 17.5. The molecule has 32 heavy (non-hydrogen) atoms. The van der Waals surface area contributed by atoms with Gasteiger partial charge in [-0.25, -0.2) is 9.97 Å². The number of hydrogen-bond donors (Lipinski definition) is 1. The summed E-state index contributed by atoms with van der Waals surface area (Å²) in [6, 6.07) is 22.1. The third-order valence-electron chi connectivity index (χ3n) is 6.29. The van der Waals surface area contributed by atoms with E-state index in [4.69, 9.17) is 9.97 Å². The summed E-state index contributed by atoms with van der Waals surface area (Å²) in [5.74, 6) is 0.0714. The Kier molecular flexibility index (Phi) is 4.72. The van der Waals surface area contributed by atoms with Crippen LogP contribution in [0.3, 0.4) is 0 Å². The zero-order valence-corrected chi connectivity index (χ0v) is 18.3. The summed E-state index contributed by atoms with van der Waals surface area (Å²) in [5.41, 5.74) is 5.25. The molecule has 1 saturated heterocycles. The van der Waals surface area contributed by atoms with E-state index in [0.717, 1.165) is 53.7 Å². The molecule has 1 amide bonds. The number of piperidine rings is 1. The molecule has 3 aromatic carbocycles. The van der Waals surface area contributed by atoms with Gasteiger partial charge in [0.05, 0.1) is 27.9 Å². The Morgan fingerprint density at radius 3 is 2.44 bits per heavy atom. The van der Waals surface area contributed by atoms with E-state index in [0.29, 0.717) is 0 Å². The van der Waals surface area contributed by atoms with Crippen molar-refractivity contribution in [3.63, 3.8) is 0 Å². The summed E-state index contributed by atoms with van der Waals surface area (Å²) < 4.78 is 1.31. The molecule has 5 nitrogen and oxygen atoms in total. The minimum Gasteiger partial charge on any atom is -0.370 e. The number of anilines is 2. The molecular weight excluding hydrogens is 416 g/mol. The average molecular weight is 439 g/mol. The van der Waals surface area contributed by atoms with Gasteiger partial charge in [-0.15, -0.1) is 11.3 Å². The van der Waals surface area contributed by atoms with Crippen molar-refractivity contribution >= 4 is 60.8 Å². The minimum atomic E-state index is -0.000165. The fourth-order valence-electron chi connectivity index (χ4n) is 4.57. The Bertz CT molecular complexity index is 1450. The molecule has 0 unspecified atom stereocenters. The van der Waals surface area contributed by atoms with E-state index in [1.165, 1.54) is 15.8 Å². The first kappa shape index (κ1) is 19.2. The Morgan fingerprint density at radius 1 is 0.875 bits per heavy atom. The van der Waals surface area contributed by atoms with E-state index in [1.807, 2.05) is 42.5 Å². The molecule has 6 heteroatoms. The van der Waals surface area contributed by atoms with Crippen molar-refractivity contribution in [3.8, 4) is 0 Å². The van der Waals surface area contributed by atoms with Crippen LogP contribution in [0.5, 0.6) is 0 Å². The van der Waals surface area contributed by atoms with Gasteiger partial charge in [0.15, 0.2) is 0 Å². The summed E-state index contributed by atoms with van der Waals surface area (Å²) in [5, 5.41) is 6.69. The Morgan fingerprint density at radius 2 is 1.59 bits per heavy atom. The van der Waals surface area contributed by atoms with Crippen molar-refractivity contribution in [2.75, 3.05) is 23.3 Å². The van der Waals surface area contributed by atoms with Crippen LogP contribution in [-0.2, 0) is 4.79 Å². The maximum Gasteiger partial charge on any atom is 0.227 e. The molecule has 0 saturated carbocycles. The largest absolute Gasteiger partial charge is 0.370 e. The Labute approximate surface area is 189 Å². The van der Waals surface area contributed by atoms with Crippen LogP contribution < -0.4 is 10.2 Å². The number of thiophene rings is 1. The van der Waals surface area contributed by atoms with E-state index in [9.17, 15) is 4.79 Å². The number of nitrogens with one attached hydrogen (secondary N) is 1. The van der Waals surface area contributed by atoms with Crippen LogP contribution in [-0.4, -0.2) is 29.0 Å². The first-order valence-corrected chi connectivity index (χ1v) is 11.8. The van der Waals surface area contributed by atoms with Crippen LogP contribution in [0.1, 0.15) is 12.8 Å². The number of amides is 1. The number of carbonyl (C=O) groups is 1. The number of nitrogens with zero attached hydrogens (tertiary/aromatic N) is 3. The molecule has 0 bridgehead atoms. The maximum atomic E-state index is 13.1. The number of benzene rings is 3. The number of rotatable bonds is 3. The quantitative estimate of drug-likeness (QED) is 0.359. The average Bonchev–Trinajstić information content (AvgIpc) is 3.27. The normalized spacial score (nSPS) is 14.9. The van der Waals surface area contributed by atoms with Crippen molar-refractivity contribution in [2.24, 2.45) is 5.92 Å². The number of para-hydroxylation sites is 3. The lowest BCUT2D eigenvalue weighted by atomic mass is 9.95. The third kappa shape index (κ3) is 3.37. The van der Waals surface area contributed by atoms with Crippen LogP contribution >= 0.6 is 11.3 Å². The van der Waals surface area contributed by atoms with Crippen LogP contribution in [0, 0.1) is 5.92 Å². The molecule has 158 valence electrons. The van der Waals surface area contributed by atoms with Crippen molar-refractivity contribution < 1.29 is 4.79 Å².